The number of fused-ring (bicyclic) bond motifs is 3. The van der Waals surface area contributed by atoms with Crippen molar-refractivity contribution >= 4 is 16.6 Å². The molecule has 0 aliphatic rings. The maximum Gasteiger partial charge on any atom is 0.185 e. The van der Waals surface area contributed by atoms with Crippen LogP contribution in [0.4, 0.5) is 0 Å². The van der Waals surface area contributed by atoms with Crippen LogP contribution in [0, 0.1) is 0 Å². The Kier molecular flexibility index (Phi) is 6.31. The van der Waals surface area contributed by atoms with E-state index < -0.39 is 0 Å². The number of aryl methyl sites for hydroxylation is 2. The third-order valence-electron chi connectivity index (χ3n) is 5.86. The first kappa shape index (κ1) is 22.4. The lowest BCUT2D eigenvalue weighted by atomic mass is 10.0. The monoisotopic (exact) mass is 471 g/mol. The number of para-hydroxylation sites is 1. The third-order valence-corrected chi connectivity index (χ3v) is 5.86. The zero-order chi connectivity index (χ0) is 24.2. The Morgan fingerprint density at radius 3 is 2.66 bits per heavy atom. The zero-order valence-electron chi connectivity index (χ0n) is 19.5. The first-order chi connectivity index (χ1) is 17.2. The van der Waals surface area contributed by atoms with Crippen LogP contribution in [0.3, 0.4) is 0 Å². The minimum Gasteiger partial charge on any atom is -0.493 e. The standard InChI is InChI=1S/C24H25N9O2/c1-4-12-25-22(18-15-17-7-5-6-8-19(17)33-23(18)26-29-31-33)24-27-28-30-32(24)13-11-16-9-10-20(34-2)21(14-16)35-3/h4-10,14-15,22,25H,1,11-13H2,2-3H3. The largest absolute Gasteiger partial charge is 0.493 e. The summed E-state index contributed by atoms with van der Waals surface area (Å²) in [4.78, 5) is 0. The van der Waals surface area contributed by atoms with Crippen LogP contribution in [-0.4, -0.2) is 61.0 Å². The zero-order valence-corrected chi connectivity index (χ0v) is 19.5. The van der Waals surface area contributed by atoms with Crippen LogP contribution in [0.1, 0.15) is 23.0 Å². The molecule has 0 saturated heterocycles. The second-order valence-corrected chi connectivity index (χ2v) is 7.90. The number of benzene rings is 2. The van der Waals surface area contributed by atoms with Gasteiger partial charge in [-0.05, 0) is 57.1 Å². The van der Waals surface area contributed by atoms with Crippen LogP contribution < -0.4 is 14.8 Å². The molecule has 0 amide bonds. The van der Waals surface area contributed by atoms with Gasteiger partial charge in [-0.25, -0.2) is 4.68 Å². The Balaban J connectivity index is 1.51. The highest BCUT2D eigenvalue weighted by Gasteiger charge is 2.25. The quantitative estimate of drug-likeness (QED) is 0.306. The molecule has 1 unspecified atom stereocenters. The summed E-state index contributed by atoms with van der Waals surface area (Å²) in [5.74, 6) is 2.04. The van der Waals surface area contributed by atoms with Gasteiger partial charge in [0.05, 0.1) is 25.8 Å². The summed E-state index contributed by atoms with van der Waals surface area (Å²) in [6.07, 6.45) is 2.50. The fraction of sp³-hybridized carbons (Fsp3) is 0.250. The van der Waals surface area contributed by atoms with E-state index in [-0.39, 0.29) is 6.04 Å². The van der Waals surface area contributed by atoms with Crippen LogP contribution >= 0.6 is 0 Å². The van der Waals surface area contributed by atoms with Crippen molar-refractivity contribution < 1.29 is 9.47 Å². The SMILES string of the molecule is C=CCNC(c1cc2ccccc2n2nnnc12)c1nnnn1CCc1ccc(OC)c(OC)c1. The molecule has 178 valence electrons. The Labute approximate surface area is 201 Å². The molecule has 0 aliphatic heterocycles. The Hall–Kier alpha value is -4.38. The lowest BCUT2D eigenvalue weighted by Gasteiger charge is -2.19. The molecule has 3 heterocycles. The number of tetrazole rings is 2. The van der Waals surface area contributed by atoms with Crippen LogP contribution in [-0.2, 0) is 13.0 Å². The van der Waals surface area contributed by atoms with Gasteiger partial charge in [0.25, 0.3) is 0 Å². The minimum atomic E-state index is -0.355. The number of hydrogen-bond acceptors (Lipinski definition) is 9. The Bertz CT molecular complexity index is 1480. The molecule has 0 fully saturated rings. The summed E-state index contributed by atoms with van der Waals surface area (Å²) in [5, 5.41) is 29.5. The van der Waals surface area contributed by atoms with Crippen molar-refractivity contribution in [1.29, 1.82) is 0 Å². The molecule has 0 aliphatic carbocycles. The fourth-order valence-corrected chi connectivity index (χ4v) is 4.17. The number of nitrogens with one attached hydrogen (secondary N) is 1. The van der Waals surface area contributed by atoms with E-state index in [1.807, 2.05) is 42.5 Å². The fourth-order valence-electron chi connectivity index (χ4n) is 4.17. The van der Waals surface area contributed by atoms with Gasteiger partial charge < -0.3 is 9.47 Å². The smallest absolute Gasteiger partial charge is 0.185 e. The highest BCUT2D eigenvalue weighted by Crippen LogP contribution is 2.29. The lowest BCUT2D eigenvalue weighted by molar-refractivity contribution is 0.354. The van der Waals surface area contributed by atoms with Crippen LogP contribution in [0.15, 0.2) is 61.2 Å². The van der Waals surface area contributed by atoms with E-state index in [0.717, 1.165) is 22.0 Å². The first-order valence-corrected chi connectivity index (χ1v) is 11.1. The van der Waals surface area contributed by atoms with E-state index in [1.165, 1.54) is 0 Å². The molecule has 3 aromatic heterocycles. The summed E-state index contributed by atoms with van der Waals surface area (Å²) in [6.45, 7) is 4.97. The Morgan fingerprint density at radius 1 is 1.00 bits per heavy atom. The number of pyridine rings is 1. The van der Waals surface area contributed by atoms with E-state index in [4.69, 9.17) is 9.47 Å². The molecule has 35 heavy (non-hydrogen) atoms. The average molecular weight is 472 g/mol. The van der Waals surface area contributed by atoms with Gasteiger partial charge >= 0.3 is 0 Å². The van der Waals surface area contributed by atoms with Gasteiger partial charge in [-0.3, -0.25) is 5.32 Å². The third kappa shape index (κ3) is 4.28. The molecule has 2 aromatic carbocycles. The maximum atomic E-state index is 5.43. The summed E-state index contributed by atoms with van der Waals surface area (Å²) in [5.41, 5.74) is 3.51. The molecule has 5 aromatic rings. The average Bonchev–Trinajstić information content (AvgIpc) is 3.58. The molecule has 5 rings (SSSR count). The lowest BCUT2D eigenvalue weighted by Crippen LogP contribution is -2.27. The van der Waals surface area contributed by atoms with E-state index >= 15 is 0 Å². The normalized spacial score (nSPS) is 12.2. The molecular formula is C24H25N9O2. The van der Waals surface area contributed by atoms with Crippen molar-refractivity contribution in [3.05, 3.63) is 78.1 Å². The van der Waals surface area contributed by atoms with Gasteiger partial charge in [-0.1, -0.05) is 30.3 Å². The Morgan fingerprint density at radius 2 is 1.83 bits per heavy atom. The number of nitrogens with zero attached hydrogens (tertiary/aromatic N) is 8. The second-order valence-electron chi connectivity index (χ2n) is 7.90. The number of methoxy groups -OCH3 is 2. The van der Waals surface area contributed by atoms with E-state index in [2.05, 4.69) is 49.0 Å². The second kappa shape index (κ2) is 9.85. The first-order valence-electron chi connectivity index (χ1n) is 11.1. The van der Waals surface area contributed by atoms with Gasteiger partial charge in [0.15, 0.2) is 23.0 Å². The van der Waals surface area contributed by atoms with Crippen molar-refractivity contribution in [2.24, 2.45) is 0 Å². The molecular weight excluding hydrogens is 446 g/mol. The van der Waals surface area contributed by atoms with Crippen molar-refractivity contribution in [3.8, 4) is 11.5 Å². The van der Waals surface area contributed by atoms with Crippen molar-refractivity contribution in [2.75, 3.05) is 20.8 Å². The molecule has 11 heteroatoms. The van der Waals surface area contributed by atoms with E-state index in [1.54, 1.807) is 29.5 Å². The highest BCUT2D eigenvalue weighted by atomic mass is 16.5. The summed E-state index contributed by atoms with van der Waals surface area (Å²) >= 11 is 0. The highest BCUT2D eigenvalue weighted by molar-refractivity contribution is 5.83. The number of aromatic nitrogens is 8. The van der Waals surface area contributed by atoms with Crippen LogP contribution in [0.2, 0.25) is 0 Å². The molecule has 1 N–H and O–H groups in total. The summed E-state index contributed by atoms with van der Waals surface area (Å²) in [7, 11) is 3.25. The molecule has 0 bridgehead atoms. The van der Waals surface area contributed by atoms with Gasteiger partial charge in [0.1, 0.15) is 0 Å². The van der Waals surface area contributed by atoms with E-state index in [9.17, 15) is 0 Å². The van der Waals surface area contributed by atoms with Gasteiger partial charge in [-0.2, -0.15) is 4.52 Å². The van der Waals surface area contributed by atoms with Crippen molar-refractivity contribution in [2.45, 2.75) is 19.0 Å². The van der Waals surface area contributed by atoms with Crippen LogP contribution in [0.5, 0.6) is 11.5 Å². The summed E-state index contributed by atoms with van der Waals surface area (Å²) in [6, 6.07) is 15.6. The number of hydrogen-bond donors (Lipinski definition) is 1. The van der Waals surface area contributed by atoms with Gasteiger partial charge in [0.2, 0.25) is 0 Å². The topological polar surface area (TPSA) is 117 Å². The molecule has 0 saturated carbocycles. The maximum absolute atomic E-state index is 5.43. The number of rotatable bonds is 10. The predicted octanol–water partition coefficient (Wildman–Crippen LogP) is 2.39. The molecule has 0 spiro atoms. The molecule has 1 atom stereocenters. The van der Waals surface area contributed by atoms with Gasteiger partial charge in [-0.15, -0.1) is 16.8 Å². The summed E-state index contributed by atoms with van der Waals surface area (Å²) < 4.78 is 14.3. The van der Waals surface area contributed by atoms with E-state index in [0.29, 0.717) is 42.5 Å². The van der Waals surface area contributed by atoms with Gasteiger partial charge in [0, 0.05) is 24.0 Å². The molecule has 11 nitrogen and oxygen atoms in total. The number of ether oxygens (including phenoxy) is 2. The van der Waals surface area contributed by atoms with Crippen molar-refractivity contribution in [3.63, 3.8) is 0 Å². The minimum absolute atomic E-state index is 0.355. The predicted molar refractivity (Wildman–Crippen MR) is 129 cm³/mol. The molecule has 0 radical (unpaired) electrons. The van der Waals surface area contributed by atoms with Crippen molar-refractivity contribution in [1.82, 2.24) is 45.6 Å². The van der Waals surface area contributed by atoms with Crippen LogP contribution in [0.25, 0.3) is 16.6 Å².